The second-order valence-electron chi connectivity index (χ2n) is 5.74. The minimum absolute atomic E-state index is 0.918. The van der Waals surface area contributed by atoms with E-state index in [1.165, 1.54) is 16.8 Å². The Morgan fingerprint density at radius 3 is 2.09 bits per heavy atom. The van der Waals surface area contributed by atoms with Gasteiger partial charge in [-0.3, -0.25) is 0 Å². The fourth-order valence-corrected chi connectivity index (χ4v) is 2.75. The summed E-state index contributed by atoms with van der Waals surface area (Å²) in [5, 5.41) is 0. The number of hydrogen-bond donors (Lipinski definition) is 1. The smallest absolute Gasteiger partial charge is 0.0433 e. The average molecular weight is 290 g/mol. The molecule has 3 rings (SSSR count). The van der Waals surface area contributed by atoms with E-state index in [4.69, 9.17) is 5.73 Å². The van der Waals surface area contributed by atoms with Crippen molar-refractivity contribution in [3.05, 3.63) is 89.6 Å². The van der Waals surface area contributed by atoms with Crippen LogP contribution < -0.4 is 10.6 Å². The number of allylic oxidation sites excluding steroid dienone is 3. The molecule has 0 bridgehead atoms. The van der Waals surface area contributed by atoms with E-state index in [-0.39, 0.29) is 0 Å². The summed E-state index contributed by atoms with van der Waals surface area (Å²) in [6.45, 7) is 1.87. The van der Waals surface area contributed by atoms with Crippen LogP contribution in [0.4, 0.5) is 5.69 Å². The minimum Gasteiger partial charge on any atom is -0.402 e. The predicted octanol–water partition coefficient (Wildman–Crippen LogP) is 4.26. The lowest BCUT2D eigenvalue weighted by Crippen LogP contribution is -2.25. The van der Waals surface area contributed by atoms with Crippen LogP contribution in [0, 0.1) is 0 Å². The monoisotopic (exact) mass is 290 g/mol. The number of hydrogen-bond acceptors (Lipinski definition) is 2. The van der Waals surface area contributed by atoms with Crippen LogP contribution >= 0.6 is 0 Å². The van der Waals surface area contributed by atoms with Gasteiger partial charge in [-0.2, -0.15) is 0 Å². The van der Waals surface area contributed by atoms with Crippen molar-refractivity contribution in [3.8, 4) is 0 Å². The first-order valence-corrected chi connectivity index (χ1v) is 7.79. The Bertz CT molecular complexity index is 657. The van der Waals surface area contributed by atoms with Crippen molar-refractivity contribution in [2.75, 3.05) is 11.4 Å². The third kappa shape index (κ3) is 3.79. The summed E-state index contributed by atoms with van der Waals surface area (Å²) >= 11 is 0. The highest BCUT2D eigenvalue weighted by molar-refractivity contribution is 5.48. The third-order valence-corrected chi connectivity index (χ3v) is 4.00. The van der Waals surface area contributed by atoms with Crippen LogP contribution in [0.1, 0.15) is 18.4 Å². The van der Waals surface area contributed by atoms with Crippen molar-refractivity contribution in [1.82, 2.24) is 0 Å². The lowest BCUT2D eigenvalue weighted by atomic mass is 10.0. The van der Waals surface area contributed by atoms with Gasteiger partial charge in [0.05, 0.1) is 0 Å². The first-order chi connectivity index (χ1) is 10.8. The van der Waals surface area contributed by atoms with Crippen molar-refractivity contribution in [3.63, 3.8) is 0 Å². The van der Waals surface area contributed by atoms with Gasteiger partial charge in [-0.1, -0.05) is 60.2 Å². The summed E-state index contributed by atoms with van der Waals surface area (Å²) in [5.74, 6) is 0. The molecule has 0 atom stereocenters. The van der Waals surface area contributed by atoms with Crippen LogP contribution in [-0.2, 0) is 6.54 Å². The first-order valence-electron chi connectivity index (χ1n) is 7.79. The Morgan fingerprint density at radius 2 is 1.45 bits per heavy atom. The third-order valence-electron chi connectivity index (χ3n) is 4.00. The first kappa shape index (κ1) is 14.5. The van der Waals surface area contributed by atoms with Crippen LogP contribution in [0.15, 0.2) is 84.1 Å². The molecule has 2 N–H and O–H groups in total. The Hall–Kier alpha value is -2.48. The molecule has 112 valence electrons. The van der Waals surface area contributed by atoms with E-state index in [9.17, 15) is 0 Å². The zero-order valence-corrected chi connectivity index (χ0v) is 12.8. The molecule has 0 saturated heterocycles. The zero-order valence-electron chi connectivity index (χ0n) is 12.8. The number of anilines is 1. The fourth-order valence-electron chi connectivity index (χ4n) is 2.75. The van der Waals surface area contributed by atoms with Crippen molar-refractivity contribution in [2.24, 2.45) is 5.73 Å². The fraction of sp³-hybridized carbons (Fsp3) is 0.200. The molecular weight excluding hydrogens is 268 g/mol. The highest BCUT2D eigenvalue weighted by Gasteiger charge is 2.11. The van der Waals surface area contributed by atoms with Gasteiger partial charge < -0.3 is 10.6 Å². The van der Waals surface area contributed by atoms with Crippen molar-refractivity contribution in [2.45, 2.75) is 19.4 Å². The second kappa shape index (κ2) is 6.99. The van der Waals surface area contributed by atoms with Gasteiger partial charge in [-0.15, -0.1) is 0 Å². The van der Waals surface area contributed by atoms with Crippen molar-refractivity contribution in [1.29, 1.82) is 0 Å². The highest BCUT2D eigenvalue weighted by Crippen LogP contribution is 2.22. The van der Waals surface area contributed by atoms with Crippen LogP contribution in [0.25, 0.3) is 0 Å². The predicted molar refractivity (Wildman–Crippen MR) is 93.5 cm³/mol. The van der Waals surface area contributed by atoms with Gasteiger partial charge in [0.1, 0.15) is 0 Å². The molecule has 0 radical (unpaired) electrons. The lowest BCUT2D eigenvalue weighted by molar-refractivity contribution is 0.787. The molecule has 1 aliphatic rings. The van der Waals surface area contributed by atoms with E-state index in [0.29, 0.717) is 0 Å². The summed E-state index contributed by atoms with van der Waals surface area (Å²) in [6.07, 6.45) is 6.25. The molecule has 22 heavy (non-hydrogen) atoms. The SMILES string of the molecule is NC1=CC=C(CN(Cc2ccccc2)c2ccccc2)CC1. The molecule has 0 spiro atoms. The zero-order chi connectivity index (χ0) is 15.2. The van der Waals surface area contributed by atoms with E-state index in [1.54, 1.807) is 0 Å². The summed E-state index contributed by atoms with van der Waals surface area (Å²) < 4.78 is 0. The number of nitrogens with zero attached hydrogens (tertiary/aromatic N) is 1. The van der Waals surface area contributed by atoms with Crippen LogP contribution in [-0.4, -0.2) is 6.54 Å². The molecule has 0 amide bonds. The Kier molecular flexibility index (Phi) is 4.59. The standard InChI is InChI=1S/C20H22N2/c21-19-13-11-18(12-14-19)16-22(20-9-5-2-6-10-20)15-17-7-3-1-4-8-17/h1-11,13H,12,14-16,21H2. The molecule has 0 heterocycles. The molecule has 2 heteroatoms. The van der Waals surface area contributed by atoms with Gasteiger partial charge >= 0.3 is 0 Å². The van der Waals surface area contributed by atoms with Gasteiger partial charge in [0.25, 0.3) is 0 Å². The van der Waals surface area contributed by atoms with Gasteiger partial charge in [-0.25, -0.2) is 0 Å². The molecule has 0 fully saturated rings. The van der Waals surface area contributed by atoms with Crippen LogP contribution in [0.5, 0.6) is 0 Å². The number of para-hydroxylation sites is 1. The molecule has 1 aliphatic carbocycles. The molecule has 0 aliphatic heterocycles. The molecule has 0 aromatic heterocycles. The summed E-state index contributed by atoms with van der Waals surface area (Å²) in [4.78, 5) is 2.43. The van der Waals surface area contributed by atoms with Crippen LogP contribution in [0.3, 0.4) is 0 Å². The average Bonchev–Trinajstić information content (AvgIpc) is 2.58. The van der Waals surface area contributed by atoms with E-state index >= 15 is 0 Å². The molecule has 2 aromatic carbocycles. The molecule has 2 aromatic rings. The van der Waals surface area contributed by atoms with E-state index in [2.05, 4.69) is 71.6 Å². The number of rotatable bonds is 5. The normalized spacial score (nSPS) is 14.2. The maximum atomic E-state index is 5.87. The Balaban J connectivity index is 1.80. The minimum atomic E-state index is 0.918. The van der Waals surface area contributed by atoms with E-state index in [1.807, 2.05) is 6.08 Å². The van der Waals surface area contributed by atoms with Gasteiger partial charge in [0.15, 0.2) is 0 Å². The Morgan fingerprint density at radius 1 is 0.773 bits per heavy atom. The molecule has 0 saturated carbocycles. The molecule has 0 unspecified atom stereocenters. The number of benzene rings is 2. The van der Waals surface area contributed by atoms with Crippen molar-refractivity contribution < 1.29 is 0 Å². The Labute approximate surface area is 132 Å². The maximum absolute atomic E-state index is 5.87. The lowest BCUT2D eigenvalue weighted by Gasteiger charge is -2.27. The van der Waals surface area contributed by atoms with Crippen molar-refractivity contribution >= 4 is 5.69 Å². The number of nitrogens with two attached hydrogens (primary N) is 1. The van der Waals surface area contributed by atoms with Gasteiger partial charge in [0.2, 0.25) is 0 Å². The quantitative estimate of drug-likeness (QED) is 0.891. The molecular formula is C20H22N2. The summed E-state index contributed by atoms with van der Waals surface area (Å²) in [5.41, 5.74) is 10.9. The van der Waals surface area contributed by atoms with E-state index < -0.39 is 0 Å². The molecule has 2 nitrogen and oxygen atoms in total. The van der Waals surface area contributed by atoms with Crippen LogP contribution in [0.2, 0.25) is 0 Å². The second-order valence-corrected chi connectivity index (χ2v) is 5.74. The maximum Gasteiger partial charge on any atom is 0.0433 e. The topological polar surface area (TPSA) is 29.3 Å². The largest absolute Gasteiger partial charge is 0.402 e. The highest BCUT2D eigenvalue weighted by atomic mass is 15.1. The van der Waals surface area contributed by atoms with E-state index in [0.717, 1.165) is 31.6 Å². The summed E-state index contributed by atoms with van der Waals surface area (Å²) in [7, 11) is 0. The summed E-state index contributed by atoms with van der Waals surface area (Å²) in [6, 6.07) is 21.2. The van der Waals surface area contributed by atoms with Gasteiger partial charge in [0, 0.05) is 24.5 Å². The van der Waals surface area contributed by atoms with Gasteiger partial charge in [-0.05, 0) is 36.6 Å².